The first-order chi connectivity index (χ1) is 10.8. The monoisotopic (exact) mass is 316 g/mol. The first kappa shape index (κ1) is 16.9. The summed E-state index contributed by atoms with van der Waals surface area (Å²) >= 11 is 0. The van der Waals surface area contributed by atoms with Crippen LogP contribution in [0.2, 0.25) is 0 Å². The molecule has 122 valence electrons. The number of halogens is 1. The number of rotatable bonds is 4. The van der Waals surface area contributed by atoms with Crippen LogP contribution in [0.1, 0.15) is 38.8 Å². The van der Waals surface area contributed by atoms with E-state index in [0.29, 0.717) is 5.69 Å². The topological polar surface area (TPSA) is 66.9 Å². The average molecular weight is 316 g/mol. The summed E-state index contributed by atoms with van der Waals surface area (Å²) in [5, 5.41) is 5.51. The highest BCUT2D eigenvalue weighted by molar-refractivity contribution is 5.89. The fourth-order valence-corrected chi connectivity index (χ4v) is 2.25. The van der Waals surface area contributed by atoms with E-state index in [4.69, 9.17) is 0 Å². The van der Waals surface area contributed by atoms with Crippen molar-refractivity contribution < 1.29 is 9.18 Å². The molecule has 2 amide bonds. The van der Waals surface area contributed by atoms with Gasteiger partial charge in [-0.3, -0.25) is 9.97 Å². The highest BCUT2D eigenvalue weighted by Gasteiger charge is 2.22. The number of nitrogens with zero attached hydrogens (tertiary/aromatic N) is 2. The molecule has 0 saturated carbocycles. The zero-order valence-corrected chi connectivity index (χ0v) is 13.5. The van der Waals surface area contributed by atoms with Gasteiger partial charge in [-0.05, 0) is 23.5 Å². The van der Waals surface area contributed by atoms with Gasteiger partial charge in [-0.15, -0.1) is 0 Å². The summed E-state index contributed by atoms with van der Waals surface area (Å²) < 4.78 is 13.1. The molecule has 2 rings (SSSR count). The van der Waals surface area contributed by atoms with Gasteiger partial charge in [-0.1, -0.05) is 26.8 Å². The molecule has 1 atom stereocenters. The Morgan fingerprint density at radius 3 is 2.65 bits per heavy atom. The van der Waals surface area contributed by atoms with E-state index < -0.39 is 11.8 Å². The van der Waals surface area contributed by atoms with Gasteiger partial charge in [0.15, 0.2) is 0 Å². The average Bonchev–Trinajstić information content (AvgIpc) is 2.46. The maximum absolute atomic E-state index is 13.1. The minimum Gasteiger partial charge on any atom is -0.331 e. The lowest BCUT2D eigenvalue weighted by Crippen LogP contribution is -2.34. The molecule has 2 N–H and O–H groups in total. The molecular formula is C17H21FN4O. The lowest BCUT2D eigenvalue weighted by molar-refractivity contribution is 0.241. The first-order valence-corrected chi connectivity index (χ1v) is 7.41. The van der Waals surface area contributed by atoms with Crippen LogP contribution in [0.5, 0.6) is 0 Å². The van der Waals surface area contributed by atoms with Crippen LogP contribution in [0.4, 0.5) is 14.9 Å². The quantitative estimate of drug-likeness (QED) is 0.898. The second-order valence-electron chi connectivity index (χ2n) is 6.59. The van der Waals surface area contributed by atoms with E-state index in [0.717, 1.165) is 18.2 Å². The predicted molar refractivity (Wildman–Crippen MR) is 87.4 cm³/mol. The van der Waals surface area contributed by atoms with Crippen molar-refractivity contribution in [1.82, 2.24) is 15.3 Å². The van der Waals surface area contributed by atoms with Crippen molar-refractivity contribution in [3.8, 4) is 0 Å². The molecule has 0 radical (unpaired) electrons. The molecule has 5 nitrogen and oxygen atoms in total. The Kier molecular flexibility index (Phi) is 5.26. The number of carbonyl (C=O) groups excluding carboxylic acids is 1. The van der Waals surface area contributed by atoms with E-state index in [1.807, 2.05) is 12.1 Å². The van der Waals surface area contributed by atoms with Gasteiger partial charge in [0.05, 0.1) is 24.1 Å². The third-order valence-corrected chi connectivity index (χ3v) is 3.17. The maximum Gasteiger partial charge on any atom is 0.319 e. The summed E-state index contributed by atoms with van der Waals surface area (Å²) in [5.41, 5.74) is 1.26. The van der Waals surface area contributed by atoms with E-state index in [2.05, 4.69) is 41.4 Å². The Balaban J connectivity index is 2.09. The van der Waals surface area contributed by atoms with Gasteiger partial charge in [-0.25, -0.2) is 9.18 Å². The number of carbonyl (C=O) groups is 1. The zero-order valence-electron chi connectivity index (χ0n) is 13.5. The summed E-state index contributed by atoms with van der Waals surface area (Å²) in [6.07, 6.45) is 6.65. The molecule has 2 aromatic heterocycles. The molecule has 0 aliphatic heterocycles. The molecule has 2 aromatic rings. The fourth-order valence-electron chi connectivity index (χ4n) is 2.25. The van der Waals surface area contributed by atoms with Crippen LogP contribution in [0.25, 0.3) is 0 Å². The predicted octanol–water partition coefficient (Wildman–Crippen LogP) is 3.91. The van der Waals surface area contributed by atoms with Crippen LogP contribution < -0.4 is 10.6 Å². The lowest BCUT2D eigenvalue weighted by Gasteiger charge is -2.27. The van der Waals surface area contributed by atoms with Gasteiger partial charge in [-0.2, -0.15) is 0 Å². The van der Waals surface area contributed by atoms with Crippen LogP contribution in [-0.4, -0.2) is 16.0 Å². The van der Waals surface area contributed by atoms with Crippen LogP contribution in [0, 0.1) is 11.2 Å². The van der Waals surface area contributed by atoms with Crippen molar-refractivity contribution in [3.63, 3.8) is 0 Å². The Hall–Kier alpha value is -2.50. The van der Waals surface area contributed by atoms with Gasteiger partial charge in [0.2, 0.25) is 0 Å². The second-order valence-corrected chi connectivity index (χ2v) is 6.59. The first-order valence-electron chi connectivity index (χ1n) is 7.41. The van der Waals surface area contributed by atoms with E-state index in [1.165, 1.54) is 12.3 Å². The number of urea groups is 1. The molecule has 0 saturated heterocycles. The van der Waals surface area contributed by atoms with Gasteiger partial charge in [0.25, 0.3) is 0 Å². The second kappa shape index (κ2) is 7.17. The summed E-state index contributed by atoms with van der Waals surface area (Å²) in [6, 6.07) is 4.38. The number of amides is 2. The number of anilines is 1. The number of hydrogen-bond donors (Lipinski definition) is 2. The van der Waals surface area contributed by atoms with Crippen LogP contribution in [0.3, 0.4) is 0 Å². The van der Waals surface area contributed by atoms with E-state index in [1.54, 1.807) is 12.4 Å². The third-order valence-electron chi connectivity index (χ3n) is 3.17. The van der Waals surface area contributed by atoms with Gasteiger partial charge >= 0.3 is 6.03 Å². The molecule has 6 heteroatoms. The SMILES string of the molecule is CC(C)(C)C[C@@H](NC(=O)Nc1cncc(F)c1)c1cccnc1. The highest BCUT2D eigenvalue weighted by atomic mass is 19.1. The Bertz CT molecular complexity index is 655. The summed E-state index contributed by atoms with van der Waals surface area (Å²) in [7, 11) is 0. The van der Waals surface area contributed by atoms with Crippen LogP contribution >= 0.6 is 0 Å². The van der Waals surface area contributed by atoms with Crippen molar-refractivity contribution in [3.05, 3.63) is 54.4 Å². The van der Waals surface area contributed by atoms with Gasteiger partial charge in [0, 0.05) is 18.5 Å². The van der Waals surface area contributed by atoms with Crippen molar-refractivity contribution in [2.45, 2.75) is 33.2 Å². The highest BCUT2D eigenvalue weighted by Crippen LogP contribution is 2.29. The Morgan fingerprint density at radius 1 is 1.26 bits per heavy atom. The molecule has 0 spiro atoms. The Morgan fingerprint density at radius 2 is 2.04 bits per heavy atom. The molecule has 0 bridgehead atoms. The maximum atomic E-state index is 13.1. The van der Waals surface area contributed by atoms with Crippen LogP contribution in [-0.2, 0) is 0 Å². The van der Waals surface area contributed by atoms with Gasteiger partial charge < -0.3 is 10.6 Å². The minimum absolute atomic E-state index is 0.0220. The molecule has 23 heavy (non-hydrogen) atoms. The number of nitrogens with one attached hydrogen (secondary N) is 2. The van der Waals surface area contributed by atoms with E-state index >= 15 is 0 Å². The summed E-state index contributed by atoms with van der Waals surface area (Å²) in [5.74, 6) is -0.499. The Labute approximate surface area is 135 Å². The van der Waals surface area contributed by atoms with Crippen LogP contribution in [0.15, 0.2) is 43.0 Å². The third kappa shape index (κ3) is 5.65. The van der Waals surface area contributed by atoms with E-state index in [-0.39, 0.29) is 11.5 Å². The molecular weight excluding hydrogens is 295 g/mol. The van der Waals surface area contributed by atoms with Gasteiger partial charge in [0.1, 0.15) is 5.82 Å². The molecule has 0 aliphatic carbocycles. The van der Waals surface area contributed by atoms with Crippen molar-refractivity contribution in [1.29, 1.82) is 0 Å². The van der Waals surface area contributed by atoms with Crippen molar-refractivity contribution in [2.75, 3.05) is 5.32 Å². The number of pyridine rings is 2. The largest absolute Gasteiger partial charge is 0.331 e. The molecule has 0 aliphatic rings. The standard InChI is InChI=1S/C17H21FN4O/c1-17(2,3)8-15(12-5-4-6-19-9-12)22-16(23)21-14-7-13(18)10-20-11-14/h4-7,9-11,15H,8H2,1-3H3,(H2,21,22,23)/t15-/m1/s1. The smallest absolute Gasteiger partial charge is 0.319 e. The molecule has 0 unspecified atom stereocenters. The molecule has 2 heterocycles. The molecule has 0 fully saturated rings. The normalized spacial score (nSPS) is 12.5. The van der Waals surface area contributed by atoms with Crippen molar-refractivity contribution >= 4 is 11.7 Å². The fraction of sp³-hybridized carbons (Fsp3) is 0.353. The van der Waals surface area contributed by atoms with Crippen molar-refractivity contribution in [2.24, 2.45) is 5.41 Å². The summed E-state index contributed by atoms with van der Waals surface area (Å²) in [6.45, 7) is 6.31. The number of hydrogen-bond acceptors (Lipinski definition) is 3. The zero-order chi connectivity index (χ0) is 16.9. The van der Waals surface area contributed by atoms with E-state index in [9.17, 15) is 9.18 Å². The minimum atomic E-state index is -0.499. The number of aromatic nitrogens is 2. The molecule has 0 aromatic carbocycles. The lowest BCUT2D eigenvalue weighted by atomic mass is 9.86. The summed E-state index contributed by atoms with van der Waals surface area (Å²) in [4.78, 5) is 20.0.